The van der Waals surface area contributed by atoms with Crippen molar-refractivity contribution in [2.45, 2.75) is 25.8 Å². The molecule has 3 N–H and O–H groups in total. The van der Waals surface area contributed by atoms with E-state index in [-0.39, 0.29) is 12.8 Å². The molecule has 1 aromatic carbocycles. The number of aryl methyl sites for hydroxylation is 1. The monoisotopic (exact) mass is 320 g/mol. The summed E-state index contributed by atoms with van der Waals surface area (Å²) in [6, 6.07) is 6.60. The second-order valence-electron chi connectivity index (χ2n) is 4.90. The van der Waals surface area contributed by atoms with Crippen LogP contribution in [0.5, 0.6) is 0 Å². The summed E-state index contributed by atoms with van der Waals surface area (Å²) in [6.45, 7) is 1.96. The lowest BCUT2D eigenvalue weighted by Crippen LogP contribution is -2.41. The normalized spacial score (nSPS) is 11.8. The highest BCUT2D eigenvalue weighted by Gasteiger charge is 2.21. The molecule has 0 aliphatic rings. The lowest BCUT2D eigenvalue weighted by molar-refractivity contribution is -0.145. The average molecular weight is 320 g/mol. The molecule has 0 radical (unpaired) electrons. The van der Waals surface area contributed by atoms with E-state index in [1.165, 1.54) is 18.7 Å². The molecule has 0 aromatic heterocycles. The van der Waals surface area contributed by atoms with E-state index in [9.17, 15) is 14.4 Å². The maximum Gasteiger partial charge on any atom is 0.328 e. The summed E-state index contributed by atoms with van der Waals surface area (Å²) in [5.74, 6) is -1.79. The third-order valence-electron chi connectivity index (χ3n) is 3.09. The standard InChI is InChI=1S/C16H20N2O5/c1-11-3-5-12(6-4-11)7-9-14(19)17-13(16(21)23-2)8-10-15(20)18-22/h3-7,9,13,22H,8,10H2,1-2H3,(H,17,19)(H,18,20)/b9-7+/t13-/m0/s1. The van der Waals surface area contributed by atoms with E-state index in [2.05, 4.69) is 10.1 Å². The third-order valence-corrected chi connectivity index (χ3v) is 3.09. The van der Waals surface area contributed by atoms with E-state index < -0.39 is 23.8 Å². The van der Waals surface area contributed by atoms with E-state index >= 15 is 0 Å². The number of amides is 2. The summed E-state index contributed by atoms with van der Waals surface area (Å²) < 4.78 is 4.58. The lowest BCUT2D eigenvalue weighted by atomic mass is 10.1. The molecule has 23 heavy (non-hydrogen) atoms. The number of hydrogen-bond acceptors (Lipinski definition) is 5. The first-order chi connectivity index (χ1) is 11.0. The molecule has 0 saturated carbocycles. The topological polar surface area (TPSA) is 105 Å². The molecule has 2 amide bonds. The molecule has 0 bridgehead atoms. The Bertz CT molecular complexity index is 581. The number of benzene rings is 1. The molecule has 0 spiro atoms. The summed E-state index contributed by atoms with van der Waals surface area (Å²) in [6.07, 6.45) is 2.80. The van der Waals surface area contributed by atoms with Gasteiger partial charge < -0.3 is 10.1 Å². The van der Waals surface area contributed by atoms with Crippen LogP contribution in [0.15, 0.2) is 30.3 Å². The van der Waals surface area contributed by atoms with Crippen LogP contribution >= 0.6 is 0 Å². The molecular weight excluding hydrogens is 300 g/mol. The molecule has 124 valence electrons. The first-order valence-corrected chi connectivity index (χ1v) is 7.02. The van der Waals surface area contributed by atoms with Crippen LogP contribution in [-0.2, 0) is 19.1 Å². The van der Waals surface area contributed by atoms with Gasteiger partial charge in [-0.3, -0.25) is 14.8 Å². The number of methoxy groups -OCH3 is 1. The Kier molecular flexibility index (Phi) is 7.49. The van der Waals surface area contributed by atoms with Gasteiger partial charge in [-0.15, -0.1) is 0 Å². The fourth-order valence-corrected chi connectivity index (χ4v) is 1.79. The van der Waals surface area contributed by atoms with Crippen LogP contribution in [0.2, 0.25) is 0 Å². The SMILES string of the molecule is COC(=O)[C@H](CCC(=O)NO)NC(=O)/C=C/c1ccc(C)cc1. The van der Waals surface area contributed by atoms with Crippen molar-refractivity contribution >= 4 is 23.9 Å². The lowest BCUT2D eigenvalue weighted by Gasteiger charge is -2.14. The van der Waals surface area contributed by atoms with Crippen molar-refractivity contribution in [2.75, 3.05) is 7.11 Å². The van der Waals surface area contributed by atoms with Crippen LogP contribution in [0.3, 0.4) is 0 Å². The summed E-state index contributed by atoms with van der Waals surface area (Å²) in [5, 5.41) is 10.9. The van der Waals surface area contributed by atoms with Crippen LogP contribution in [0, 0.1) is 6.92 Å². The first-order valence-electron chi connectivity index (χ1n) is 7.02. The van der Waals surface area contributed by atoms with Crippen molar-refractivity contribution in [3.8, 4) is 0 Å². The summed E-state index contributed by atoms with van der Waals surface area (Å²) >= 11 is 0. The van der Waals surface area contributed by atoms with Gasteiger partial charge in [0.2, 0.25) is 11.8 Å². The van der Waals surface area contributed by atoms with E-state index in [0.29, 0.717) is 0 Å². The molecular formula is C16H20N2O5. The van der Waals surface area contributed by atoms with Gasteiger partial charge in [0.15, 0.2) is 0 Å². The number of ether oxygens (including phenoxy) is 1. The number of hydroxylamine groups is 1. The molecule has 7 heteroatoms. The molecule has 1 atom stereocenters. The zero-order chi connectivity index (χ0) is 17.2. The Morgan fingerprint density at radius 1 is 1.26 bits per heavy atom. The third kappa shape index (κ3) is 6.75. The minimum absolute atomic E-state index is 0.0170. The molecule has 7 nitrogen and oxygen atoms in total. The van der Waals surface area contributed by atoms with Gasteiger partial charge in [-0.05, 0) is 25.0 Å². The Hall–Kier alpha value is -2.67. The Balaban J connectivity index is 2.63. The van der Waals surface area contributed by atoms with Gasteiger partial charge in [0.25, 0.3) is 0 Å². The van der Waals surface area contributed by atoms with E-state index in [1.54, 1.807) is 6.08 Å². The van der Waals surface area contributed by atoms with E-state index in [1.807, 2.05) is 31.2 Å². The van der Waals surface area contributed by atoms with Crippen molar-refractivity contribution in [3.05, 3.63) is 41.5 Å². The summed E-state index contributed by atoms with van der Waals surface area (Å²) in [4.78, 5) is 34.5. The maximum absolute atomic E-state index is 11.9. The van der Waals surface area contributed by atoms with E-state index in [0.717, 1.165) is 11.1 Å². The van der Waals surface area contributed by atoms with Crippen molar-refractivity contribution in [1.29, 1.82) is 0 Å². The van der Waals surface area contributed by atoms with E-state index in [4.69, 9.17) is 5.21 Å². The van der Waals surface area contributed by atoms with Crippen molar-refractivity contribution < 1.29 is 24.3 Å². The van der Waals surface area contributed by atoms with Crippen LogP contribution in [0.25, 0.3) is 6.08 Å². The largest absolute Gasteiger partial charge is 0.467 e. The highest BCUT2D eigenvalue weighted by atomic mass is 16.5. The number of esters is 1. The molecule has 1 aromatic rings. The van der Waals surface area contributed by atoms with Crippen LogP contribution in [0.4, 0.5) is 0 Å². The molecule has 1 rings (SSSR count). The predicted octanol–water partition coefficient (Wildman–Crippen LogP) is 0.952. The number of carbonyl (C=O) groups excluding carboxylic acids is 3. The average Bonchev–Trinajstić information content (AvgIpc) is 2.56. The van der Waals surface area contributed by atoms with Crippen LogP contribution < -0.4 is 10.8 Å². The van der Waals surface area contributed by atoms with Gasteiger partial charge in [-0.1, -0.05) is 29.8 Å². The van der Waals surface area contributed by atoms with Crippen LogP contribution in [-0.4, -0.2) is 36.1 Å². The van der Waals surface area contributed by atoms with Crippen molar-refractivity contribution in [2.24, 2.45) is 0 Å². The van der Waals surface area contributed by atoms with Gasteiger partial charge in [-0.25, -0.2) is 10.3 Å². The van der Waals surface area contributed by atoms with Gasteiger partial charge in [-0.2, -0.15) is 0 Å². The number of nitrogens with one attached hydrogen (secondary N) is 2. The highest BCUT2D eigenvalue weighted by molar-refractivity contribution is 5.94. The second kappa shape index (κ2) is 9.37. The second-order valence-corrected chi connectivity index (χ2v) is 4.90. The fourth-order valence-electron chi connectivity index (χ4n) is 1.79. The van der Waals surface area contributed by atoms with Gasteiger partial charge in [0, 0.05) is 12.5 Å². The Morgan fingerprint density at radius 3 is 2.48 bits per heavy atom. The Morgan fingerprint density at radius 2 is 1.91 bits per heavy atom. The number of rotatable bonds is 7. The smallest absolute Gasteiger partial charge is 0.328 e. The Labute approximate surface area is 134 Å². The zero-order valence-electron chi connectivity index (χ0n) is 13.0. The van der Waals surface area contributed by atoms with Gasteiger partial charge in [0.05, 0.1) is 7.11 Å². The predicted molar refractivity (Wildman–Crippen MR) is 83.3 cm³/mol. The molecule has 0 saturated heterocycles. The quantitative estimate of drug-likeness (QED) is 0.300. The fraction of sp³-hybridized carbons (Fsp3) is 0.312. The summed E-state index contributed by atoms with van der Waals surface area (Å²) in [5.41, 5.74) is 3.42. The van der Waals surface area contributed by atoms with Gasteiger partial charge in [0.1, 0.15) is 6.04 Å². The summed E-state index contributed by atoms with van der Waals surface area (Å²) in [7, 11) is 1.19. The van der Waals surface area contributed by atoms with Crippen LogP contribution in [0.1, 0.15) is 24.0 Å². The zero-order valence-corrected chi connectivity index (χ0v) is 13.0. The highest BCUT2D eigenvalue weighted by Crippen LogP contribution is 2.05. The molecule has 0 aliphatic heterocycles. The molecule has 0 heterocycles. The number of carbonyl (C=O) groups is 3. The van der Waals surface area contributed by atoms with Gasteiger partial charge >= 0.3 is 5.97 Å². The van der Waals surface area contributed by atoms with Crippen molar-refractivity contribution in [1.82, 2.24) is 10.8 Å². The molecule has 0 aliphatic carbocycles. The minimum atomic E-state index is -0.965. The molecule has 0 unspecified atom stereocenters. The maximum atomic E-state index is 11.9. The molecule has 0 fully saturated rings. The first kappa shape index (κ1) is 18.4. The minimum Gasteiger partial charge on any atom is -0.467 e. The number of hydrogen-bond donors (Lipinski definition) is 3. The van der Waals surface area contributed by atoms with Crippen molar-refractivity contribution in [3.63, 3.8) is 0 Å².